The fourth-order valence-corrected chi connectivity index (χ4v) is 4.32. The molecule has 1 amide bonds. The second-order valence-electron chi connectivity index (χ2n) is 7.07. The van der Waals surface area contributed by atoms with Crippen LogP contribution >= 0.6 is 0 Å². The minimum Gasteiger partial charge on any atom is -0.481 e. The molecule has 1 atom stereocenters. The molecule has 1 saturated carbocycles. The Labute approximate surface area is 154 Å². The molecule has 1 aromatic carbocycles. The Morgan fingerprint density at radius 1 is 1.23 bits per heavy atom. The molecule has 0 saturated heterocycles. The summed E-state index contributed by atoms with van der Waals surface area (Å²) in [6.45, 7) is 3.69. The topological polar surface area (TPSA) is 113 Å². The van der Waals surface area contributed by atoms with Gasteiger partial charge in [-0.3, -0.25) is 9.59 Å². The van der Waals surface area contributed by atoms with E-state index in [1.54, 1.807) is 31.2 Å². The monoisotopic (exact) mass is 382 g/mol. The highest BCUT2D eigenvalue weighted by molar-refractivity contribution is 7.90. The molecule has 8 heteroatoms. The number of carboxylic acid groups (broad SMARTS) is 1. The molecular formula is C18H26N2O5S. The van der Waals surface area contributed by atoms with Gasteiger partial charge >= 0.3 is 5.97 Å². The molecule has 1 unspecified atom stereocenters. The number of carboxylic acids is 1. The highest BCUT2D eigenvalue weighted by Crippen LogP contribution is 2.24. The Kier molecular flexibility index (Phi) is 6.77. The summed E-state index contributed by atoms with van der Waals surface area (Å²) in [7, 11) is -3.71. The van der Waals surface area contributed by atoms with Gasteiger partial charge in [-0.15, -0.1) is 0 Å². The summed E-state index contributed by atoms with van der Waals surface area (Å²) < 4.78 is 27.0. The lowest BCUT2D eigenvalue weighted by molar-refractivity contribution is -0.138. The van der Waals surface area contributed by atoms with Crippen molar-refractivity contribution in [2.75, 3.05) is 11.1 Å². The second-order valence-corrected chi connectivity index (χ2v) is 8.82. The van der Waals surface area contributed by atoms with Gasteiger partial charge in [-0.2, -0.15) is 0 Å². The third-order valence-corrected chi connectivity index (χ3v) is 6.06. The van der Waals surface area contributed by atoms with Gasteiger partial charge in [-0.25, -0.2) is 13.1 Å². The van der Waals surface area contributed by atoms with Crippen molar-refractivity contribution >= 4 is 27.6 Å². The molecule has 0 aliphatic heterocycles. The molecule has 7 nitrogen and oxygen atoms in total. The summed E-state index contributed by atoms with van der Waals surface area (Å²) >= 11 is 0. The van der Waals surface area contributed by atoms with E-state index < -0.39 is 33.6 Å². The molecule has 0 aromatic heterocycles. The number of sulfonamides is 1. The van der Waals surface area contributed by atoms with E-state index in [0.717, 1.165) is 25.7 Å². The quantitative estimate of drug-likeness (QED) is 0.670. The van der Waals surface area contributed by atoms with Crippen LogP contribution in [-0.4, -0.2) is 37.2 Å². The van der Waals surface area contributed by atoms with Crippen molar-refractivity contribution in [1.82, 2.24) is 4.72 Å². The van der Waals surface area contributed by atoms with Gasteiger partial charge in [0.2, 0.25) is 15.9 Å². The summed E-state index contributed by atoms with van der Waals surface area (Å²) in [6, 6.07) is 6.30. The summed E-state index contributed by atoms with van der Waals surface area (Å²) in [5, 5.41) is 11.6. The van der Waals surface area contributed by atoms with Crippen LogP contribution in [0, 0.1) is 5.92 Å². The Balaban J connectivity index is 1.93. The molecule has 2 rings (SSSR count). The molecule has 3 N–H and O–H groups in total. The van der Waals surface area contributed by atoms with E-state index in [4.69, 9.17) is 5.11 Å². The minimum atomic E-state index is -3.71. The minimum absolute atomic E-state index is 0.108. The molecule has 0 radical (unpaired) electrons. The highest BCUT2D eigenvalue weighted by atomic mass is 32.2. The van der Waals surface area contributed by atoms with Crippen LogP contribution in [0.25, 0.3) is 0 Å². The normalized spacial score (nSPS) is 21.8. The zero-order valence-corrected chi connectivity index (χ0v) is 15.9. The third-order valence-electron chi connectivity index (χ3n) is 4.72. The highest BCUT2D eigenvalue weighted by Gasteiger charge is 2.25. The van der Waals surface area contributed by atoms with Crippen molar-refractivity contribution < 1.29 is 23.1 Å². The van der Waals surface area contributed by atoms with Crippen LogP contribution in [0.15, 0.2) is 24.3 Å². The lowest BCUT2D eigenvalue weighted by atomic mass is 9.88. The average molecular weight is 382 g/mol. The molecule has 1 fully saturated rings. The van der Waals surface area contributed by atoms with Crippen molar-refractivity contribution in [3.8, 4) is 0 Å². The van der Waals surface area contributed by atoms with Crippen LogP contribution in [-0.2, 0) is 19.6 Å². The van der Waals surface area contributed by atoms with Crippen LogP contribution in [0.2, 0.25) is 0 Å². The van der Waals surface area contributed by atoms with Gasteiger partial charge in [0.05, 0.1) is 5.92 Å². The van der Waals surface area contributed by atoms with Crippen LogP contribution in [0.5, 0.6) is 0 Å². The van der Waals surface area contributed by atoms with E-state index in [0.29, 0.717) is 17.2 Å². The van der Waals surface area contributed by atoms with Crippen molar-refractivity contribution in [3.05, 3.63) is 29.8 Å². The van der Waals surface area contributed by atoms with Crippen LogP contribution in [0.4, 0.5) is 5.69 Å². The van der Waals surface area contributed by atoms with E-state index in [1.165, 1.54) is 0 Å². The predicted octanol–water partition coefficient (Wildman–Crippen LogP) is 2.31. The summed E-state index contributed by atoms with van der Waals surface area (Å²) in [5.41, 5.74) is 0.912. The first-order valence-corrected chi connectivity index (χ1v) is 10.4. The SMILES string of the molecule is CC1CCC(NS(=O)(=O)CC(=O)Nc2cccc(C(C)C(=O)O)c2)CC1. The number of amides is 1. The lowest BCUT2D eigenvalue weighted by Gasteiger charge is -2.26. The first kappa shape index (κ1) is 20.4. The fraction of sp³-hybridized carbons (Fsp3) is 0.556. The maximum absolute atomic E-state index is 12.2. The predicted molar refractivity (Wildman–Crippen MR) is 99.5 cm³/mol. The maximum Gasteiger partial charge on any atom is 0.310 e. The van der Waals surface area contributed by atoms with Gasteiger partial charge in [0.25, 0.3) is 0 Å². The summed E-state index contributed by atoms with van der Waals surface area (Å²) in [4.78, 5) is 23.1. The van der Waals surface area contributed by atoms with Crippen LogP contribution in [0.1, 0.15) is 51.0 Å². The van der Waals surface area contributed by atoms with E-state index in [2.05, 4.69) is 17.0 Å². The molecule has 0 heterocycles. The standard InChI is InChI=1S/C18H26N2O5S/c1-12-6-8-15(9-7-12)20-26(24,25)11-17(21)19-16-5-3-4-14(10-16)13(2)18(22)23/h3-5,10,12-13,15,20H,6-9,11H2,1-2H3,(H,19,21)(H,22,23). The van der Waals surface area contributed by atoms with E-state index in [9.17, 15) is 18.0 Å². The first-order valence-electron chi connectivity index (χ1n) is 8.79. The zero-order valence-electron chi connectivity index (χ0n) is 15.1. The van der Waals surface area contributed by atoms with Gasteiger partial charge in [-0.05, 0) is 56.2 Å². The number of benzene rings is 1. The number of anilines is 1. The molecule has 0 spiro atoms. The van der Waals surface area contributed by atoms with Crippen LogP contribution < -0.4 is 10.0 Å². The largest absolute Gasteiger partial charge is 0.481 e. The molecule has 26 heavy (non-hydrogen) atoms. The smallest absolute Gasteiger partial charge is 0.310 e. The van der Waals surface area contributed by atoms with Gasteiger partial charge < -0.3 is 10.4 Å². The fourth-order valence-electron chi connectivity index (χ4n) is 3.07. The van der Waals surface area contributed by atoms with Crippen LogP contribution in [0.3, 0.4) is 0 Å². The van der Waals surface area contributed by atoms with E-state index in [1.807, 2.05) is 0 Å². The molecule has 0 bridgehead atoms. The number of carbonyl (C=O) groups excluding carboxylic acids is 1. The third kappa shape index (κ3) is 6.10. The first-order chi connectivity index (χ1) is 12.2. The maximum atomic E-state index is 12.2. The lowest BCUT2D eigenvalue weighted by Crippen LogP contribution is -2.41. The second kappa shape index (κ2) is 8.64. The summed E-state index contributed by atoms with van der Waals surface area (Å²) in [5.74, 6) is -2.38. The van der Waals surface area contributed by atoms with Crippen molar-refractivity contribution in [2.45, 2.75) is 51.5 Å². The molecule has 1 aromatic rings. The Hall–Kier alpha value is -1.93. The van der Waals surface area contributed by atoms with Gasteiger partial charge in [-0.1, -0.05) is 19.1 Å². The molecular weight excluding hydrogens is 356 g/mol. The van der Waals surface area contributed by atoms with Gasteiger partial charge in [0.1, 0.15) is 5.75 Å². The number of rotatable bonds is 7. The molecule has 1 aliphatic carbocycles. The molecule has 144 valence electrons. The Morgan fingerprint density at radius 2 is 1.88 bits per heavy atom. The Morgan fingerprint density at radius 3 is 2.50 bits per heavy atom. The summed E-state index contributed by atoms with van der Waals surface area (Å²) in [6.07, 6.45) is 3.54. The average Bonchev–Trinajstić information content (AvgIpc) is 2.55. The van der Waals surface area contributed by atoms with E-state index in [-0.39, 0.29) is 6.04 Å². The Bertz CT molecular complexity index is 755. The van der Waals surface area contributed by atoms with Crippen molar-refractivity contribution in [3.63, 3.8) is 0 Å². The van der Waals surface area contributed by atoms with Crippen molar-refractivity contribution in [1.29, 1.82) is 0 Å². The zero-order chi connectivity index (χ0) is 19.3. The number of hydrogen-bond acceptors (Lipinski definition) is 4. The van der Waals surface area contributed by atoms with Gasteiger partial charge in [0.15, 0.2) is 0 Å². The van der Waals surface area contributed by atoms with Crippen molar-refractivity contribution in [2.24, 2.45) is 5.92 Å². The number of aliphatic carboxylic acids is 1. The number of nitrogens with one attached hydrogen (secondary N) is 2. The number of carbonyl (C=O) groups is 2. The number of hydrogen-bond donors (Lipinski definition) is 3. The van der Waals surface area contributed by atoms with Gasteiger partial charge in [0, 0.05) is 11.7 Å². The van der Waals surface area contributed by atoms with E-state index >= 15 is 0 Å². The molecule has 1 aliphatic rings.